The van der Waals surface area contributed by atoms with Gasteiger partial charge in [-0.05, 0) is 19.4 Å². The van der Waals surface area contributed by atoms with Crippen LogP contribution >= 0.6 is 0 Å². The third-order valence-corrected chi connectivity index (χ3v) is 3.05. The molecule has 1 heterocycles. The smallest absolute Gasteiger partial charge is 0.328 e. The first-order valence-electron chi connectivity index (χ1n) is 6.37. The zero-order chi connectivity index (χ0) is 15.4. The van der Waals surface area contributed by atoms with Gasteiger partial charge in [0, 0.05) is 0 Å². The summed E-state index contributed by atoms with van der Waals surface area (Å²) in [4.78, 5) is 22.2. The van der Waals surface area contributed by atoms with E-state index in [2.05, 4.69) is 5.10 Å². The number of ether oxygens (including phenoxy) is 1. The molecule has 0 bridgehead atoms. The van der Waals surface area contributed by atoms with E-state index < -0.39 is 10.9 Å². The van der Waals surface area contributed by atoms with Crippen LogP contribution in [0.5, 0.6) is 0 Å². The number of nitro groups is 1. The molecule has 0 aliphatic rings. The van der Waals surface area contributed by atoms with Crippen LogP contribution in [0.25, 0.3) is 0 Å². The molecule has 7 nitrogen and oxygen atoms in total. The van der Waals surface area contributed by atoms with Gasteiger partial charge in [-0.25, -0.2) is 0 Å². The molecule has 110 valence electrons. The Morgan fingerprint density at radius 3 is 2.57 bits per heavy atom. The number of hydrogen-bond acceptors (Lipinski definition) is 5. The average molecular weight is 289 g/mol. The molecule has 1 aromatic heterocycles. The number of esters is 1. The Hall–Kier alpha value is -2.70. The normalized spacial score (nSPS) is 10.4. The van der Waals surface area contributed by atoms with Crippen molar-refractivity contribution in [2.75, 3.05) is 0 Å². The molecular weight excluding hydrogens is 274 g/mol. The molecule has 2 rings (SSSR count). The number of benzene rings is 1. The maximum atomic E-state index is 11.8. The third-order valence-electron chi connectivity index (χ3n) is 3.05. The molecular formula is C14H15N3O4. The average Bonchev–Trinajstić information content (AvgIpc) is 2.72. The Morgan fingerprint density at radius 1 is 1.33 bits per heavy atom. The van der Waals surface area contributed by atoms with Crippen LogP contribution in [-0.4, -0.2) is 20.7 Å². The molecule has 2 aromatic rings. The van der Waals surface area contributed by atoms with Crippen molar-refractivity contribution in [3.8, 4) is 0 Å². The molecule has 0 atom stereocenters. The van der Waals surface area contributed by atoms with Gasteiger partial charge in [-0.3, -0.25) is 19.6 Å². The van der Waals surface area contributed by atoms with Gasteiger partial charge >= 0.3 is 11.7 Å². The first kappa shape index (κ1) is 14.7. The summed E-state index contributed by atoms with van der Waals surface area (Å²) in [7, 11) is 0. The Kier molecular flexibility index (Phi) is 4.32. The van der Waals surface area contributed by atoms with Crippen LogP contribution < -0.4 is 0 Å². The van der Waals surface area contributed by atoms with Crippen LogP contribution in [0.4, 0.5) is 5.69 Å². The van der Waals surface area contributed by atoms with Gasteiger partial charge in [0.05, 0.1) is 4.92 Å². The molecule has 0 saturated heterocycles. The molecule has 0 aliphatic carbocycles. The molecule has 0 unspecified atom stereocenters. The van der Waals surface area contributed by atoms with Gasteiger partial charge in [-0.2, -0.15) is 5.10 Å². The summed E-state index contributed by atoms with van der Waals surface area (Å²) in [5.41, 5.74) is 1.44. The Morgan fingerprint density at radius 2 is 2.00 bits per heavy atom. The Labute approximate surface area is 121 Å². The largest absolute Gasteiger partial charge is 0.459 e. The lowest BCUT2D eigenvalue weighted by molar-refractivity contribution is -0.386. The summed E-state index contributed by atoms with van der Waals surface area (Å²) in [6.07, 6.45) is 0. The molecule has 21 heavy (non-hydrogen) atoms. The van der Waals surface area contributed by atoms with Gasteiger partial charge in [-0.1, -0.05) is 30.3 Å². The van der Waals surface area contributed by atoms with Crippen molar-refractivity contribution in [2.45, 2.75) is 27.0 Å². The second-order valence-electron chi connectivity index (χ2n) is 4.58. The molecule has 0 radical (unpaired) electrons. The lowest BCUT2D eigenvalue weighted by atomic mass is 10.2. The first-order chi connectivity index (χ1) is 9.99. The topological polar surface area (TPSA) is 87.3 Å². The summed E-state index contributed by atoms with van der Waals surface area (Å²) < 4.78 is 6.42. The van der Waals surface area contributed by atoms with Crippen LogP contribution in [0.1, 0.15) is 17.0 Å². The molecule has 0 saturated carbocycles. The fourth-order valence-electron chi connectivity index (χ4n) is 2.01. The van der Waals surface area contributed by atoms with Gasteiger partial charge in [0.15, 0.2) is 0 Å². The van der Waals surface area contributed by atoms with Crippen LogP contribution in [0.15, 0.2) is 30.3 Å². The number of nitrogens with zero attached hydrogens (tertiary/aromatic N) is 3. The highest BCUT2D eigenvalue weighted by atomic mass is 16.6. The van der Waals surface area contributed by atoms with E-state index in [-0.39, 0.29) is 24.5 Å². The summed E-state index contributed by atoms with van der Waals surface area (Å²) in [6.45, 7) is 3.12. The molecule has 0 amide bonds. The third kappa shape index (κ3) is 3.44. The van der Waals surface area contributed by atoms with Crippen molar-refractivity contribution in [1.82, 2.24) is 9.78 Å². The van der Waals surface area contributed by atoms with Gasteiger partial charge in [0.2, 0.25) is 0 Å². The fraction of sp³-hybridized carbons (Fsp3) is 0.286. The van der Waals surface area contributed by atoms with Gasteiger partial charge in [0.1, 0.15) is 24.5 Å². The van der Waals surface area contributed by atoms with Crippen LogP contribution in [0, 0.1) is 24.0 Å². The zero-order valence-electron chi connectivity index (χ0n) is 11.8. The second-order valence-corrected chi connectivity index (χ2v) is 4.58. The summed E-state index contributed by atoms with van der Waals surface area (Å²) in [5.74, 6) is -0.487. The van der Waals surface area contributed by atoms with Crippen molar-refractivity contribution in [3.63, 3.8) is 0 Å². The van der Waals surface area contributed by atoms with Gasteiger partial charge in [0.25, 0.3) is 0 Å². The van der Waals surface area contributed by atoms with Crippen molar-refractivity contribution in [3.05, 3.63) is 57.4 Å². The van der Waals surface area contributed by atoms with E-state index in [9.17, 15) is 14.9 Å². The van der Waals surface area contributed by atoms with Crippen molar-refractivity contribution < 1.29 is 14.5 Å². The highest BCUT2D eigenvalue weighted by Crippen LogP contribution is 2.21. The van der Waals surface area contributed by atoms with E-state index in [4.69, 9.17) is 4.74 Å². The summed E-state index contributed by atoms with van der Waals surface area (Å²) in [5, 5.41) is 14.9. The quantitative estimate of drug-likeness (QED) is 0.478. The Balaban J connectivity index is 2.00. The lowest BCUT2D eigenvalue weighted by Crippen LogP contribution is -2.15. The summed E-state index contributed by atoms with van der Waals surface area (Å²) in [6, 6.07) is 9.28. The van der Waals surface area contributed by atoms with E-state index in [1.807, 2.05) is 30.3 Å². The van der Waals surface area contributed by atoms with Crippen molar-refractivity contribution >= 4 is 11.7 Å². The zero-order valence-corrected chi connectivity index (χ0v) is 11.8. The number of aromatic nitrogens is 2. The number of carbonyl (C=O) groups excluding carboxylic acids is 1. The molecule has 0 spiro atoms. The van der Waals surface area contributed by atoms with Gasteiger partial charge < -0.3 is 4.74 Å². The lowest BCUT2D eigenvalue weighted by Gasteiger charge is -2.06. The molecule has 0 N–H and O–H groups in total. The van der Waals surface area contributed by atoms with Crippen LogP contribution in [0.2, 0.25) is 0 Å². The van der Waals surface area contributed by atoms with Crippen LogP contribution in [-0.2, 0) is 22.7 Å². The number of carbonyl (C=O) groups is 1. The van der Waals surface area contributed by atoms with E-state index >= 15 is 0 Å². The maximum absolute atomic E-state index is 11.8. The Bertz CT molecular complexity index is 664. The number of aryl methyl sites for hydroxylation is 1. The molecule has 0 aliphatic heterocycles. The van der Waals surface area contributed by atoms with Crippen molar-refractivity contribution in [2.24, 2.45) is 0 Å². The summed E-state index contributed by atoms with van der Waals surface area (Å²) >= 11 is 0. The number of hydrogen-bond donors (Lipinski definition) is 0. The van der Waals surface area contributed by atoms with Crippen LogP contribution in [0.3, 0.4) is 0 Å². The standard InChI is InChI=1S/C14H15N3O4/c1-10-14(17(19)20)11(2)16(15-10)8-13(18)21-9-12-6-4-3-5-7-12/h3-7H,8-9H2,1-2H3. The fourth-order valence-corrected chi connectivity index (χ4v) is 2.01. The first-order valence-corrected chi connectivity index (χ1v) is 6.37. The predicted octanol–water partition coefficient (Wildman–Crippen LogP) is 2.15. The molecule has 1 aromatic carbocycles. The van der Waals surface area contributed by atoms with Crippen molar-refractivity contribution in [1.29, 1.82) is 0 Å². The highest BCUT2D eigenvalue weighted by molar-refractivity contribution is 5.69. The monoisotopic (exact) mass is 289 g/mol. The minimum Gasteiger partial charge on any atom is -0.459 e. The number of rotatable bonds is 5. The minimum absolute atomic E-state index is 0.0640. The predicted molar refractivity (Wildman–Crippen MR) is 74.6 cm³/mol. The van der Waals surface area contributed by atoms with Gasteiger partial charge in [-0.15, -0.1) is 0 Å². The molecule has 0 fully saturated rings. The maximum Gasteiger partial charge on any atom is 0.328 e. The van der Waals surface area contributed by atoms with E-state index in [0.29, 0.717) is 5.69 Å². The van der Waals surface area contributed by atoms with E-state index in [1.54, 1.807) is 6.92 Å². The van der Waals surface area contributed by atoms with E-state index in [0.717, 1.165) is 5.56 Å². The highest BCUT2D eigenvalue weighted by Gasteiger charge is 2.22. The SMILES string of the molecule is Cc1nn(CC(=O)OCc2ccccc2)c(C)c1[N+](=O)[O-]. The second kappa shape index (κ2) is 6.17. The minimum atomic E-state index is -0.497. The molecule has 7 heteroatoms. The van der Waals surface area contributed by atoms with E-state index in [1.165, 1.54) is 11.6 Å².